The summed E-state index contributed by atoms with van der Waals surface area (Å²) in [5.74, 6) is -0.756. The van der Waals surface area contributed by atoms with Gasteiger partial charge < -0.3 is 4.74 Å². The number of rotatable bonds is 5. The van der Waals surface area contributed by atoms with Crippen molar-refractivity contribution in [3.8, 4) is 0 Å². The van der Waals surface area contributed by atoms with Gasteiger partial charge in [0.2, 0.25) is 0 Å². The van der Waals surface area contributed by atoms with Crippen LogP contribution in [-0.2, 0) is 14.3 Å². The van der Waals surface area contributed by atoms with E-state index in [1.54, 1.807) is 13.8 Å². The largest absolute Gasteiger partial charge is 0.465 e. The van der Waals surface area contributed by atoms with Crippen LogP contribution in [0.5, 0.6) is 0 Å². The van der Waals surface area contributed by atoms with Gasteiger partial charge in [0.15, 0.2) is 0 Å². The molecule has 13 heavy (non-hydrogen) atoms. The molecule has 0 aromatic heterocycles. The molecule has 0 fully saturated rings. The van der Waals surface area contributed by atoms with Crippen LogP contribution in [0.4, 0.5) is 0 Å². The molecule has 1 atom stereocenters. The molecule has 0 aliphatic rings. The molecular formula is C10H18O3. The first kappa shape index (κ1) is 12.1. The van der Waals surface area contributed by atoms with E-state index in [2.05, 4.69) is 0 Å². The third kappa shape index (κ3) is 4.65. The molecule has 3 nitrogen and oxygen atoms in total. The Bertz CT molecular complexity index is 185. The van der Waals surface area contributed by atoms with Crippen molar-refractivity contribution >= 4 is 11.8 Å². The molecule has 0 radical (unpaired) electrons. The zero-order chi connectivity index (χ0) is 10.4. The average Bonchev–Trinajstić information content (AvgIpc) is 2.02. The number of ketones is 1. The number of carbonyl (C=O) groups is 2. The standard InChI is InChI=1S/C10H18O3/c1-5-13-10(12)8(4)9(11)6-7(2)3/h7-8H,5-6H2,1-4H3. The molecule has 0 heterocycles. The molecule has 0 aliphatic heterocycles. The Kier molecular flexibility index (Phi) is 5.35. The SMILES string of the molecule is CCOC(=O)C(C)C(=O)CC(C)C. The van der Waals surface area contributed by atoms with Gasteiger partial charge >= 0.3 is 5.97 Å². The second-order valence-electron chi connectivity index (χ2n) is 3.54. The molecule has 0 rings (SSSR count). The van der Waals surface area contributed by atoms with Crippen LogP contribution in [0, 0.1) is 11.8 Å². The number of carbonyl (C=O) groups excluding carboxylic acids is 2. The average molecular weight is 186 g/mol. The van der Waals surface area contributed by atoms with E-state index >= 15 is 0 Å². The van der Waals surface area contributed by atoms with Crippen molar-refractivity contribution in [1.29, 1.82) is 0 Å². The van der Waals surface area contributed by atoms with E-state index < -0.39 is 11.9 Å². The third-order valence-electron chi connectivity index (χ3n) is 1.73. The third-order valence-corrected chi connectivity index (χ3v) is 1.73. The number of Topliss-reactive ketones (excluding diaryl/α,β-unsaturated/α-hetero) is 1. The molecule has 3 heteroatoms. The normalized spacial score (nSPS) is 12.7. The van der Waals surface area contributed by atoms with Crippen LogP contribution in [0.2, 0.25) is 0 Å². The summed E-state index contributed by atoms with van der Waals surface area (Å²) in [6.45, 7) is 7.57. The smallest absolute Gasteiger partial charge is 0.316 e. The first-order valence-electron chi connectivity index (χ1n) is 4.68. The lowest BCUT2D eigenvalue weighted by atomic mass is 9.98. The Hall–Kier alpha value is -0.860. The Morgan fingerprint density at radius 2 is 1.77 bits per heavy atom. The van der Waals surface area contributed by atoms with Crippen molar-refractivity contribution in [2.24, 2.45) is 11.8 Å². The molecule has 0 aromatic rings. The van der Waals surface area contributed by atoms with Gasteiger partial charge in [0.25, 0.3) is 0 Å². The van der Waals surface area contributed by atoms with Gasteiger partial charge in [0, 0.05) is 6.42 Å². The summed E-state index contributed by atoms with van der Waals surface area (Å²) in [5, 5.41) is 0. The summed E-state index contributed by atoms with van der Waals surface area (Å²) in [5.41, 5.74) is 0. The fourth-order valence-electron chi connectivity index (χ4n) is 0.978. The first-order chi connectivity index (χ1) is 5.99. The summed E-state index contributed by atoms with van der Waals surface area (Å²) >= 11 is 0. The molecule has 0 aliphatic carbocycles. The highest BCUT2D eigenvalue weighted by Crippen LogP contribution is 2.09. The van der Waals surface area contributed by atoms with Crippen molar-refractivity contribution in [2.45, 2.75) is 34.1 Å². The van der Waals surface area contributed by atoms with Crippen LogP contribution in [0.25, 0.3) is 0 Å². The molecular weight excluding hydrogens is 168 g/mol. The minimum atomic E-state index is -0.609. The molecule has 0 N–H and O–H groups in total. The topological polar surface area (TPSA) is 43.4 Å². The van der Waals surface area contributed by atoms with Crippen LogP contribution in [-0.4, -0.2) is 18.4 Å². The van der Waals surface area contributed by atoms with Gasteiger partial charge in [0.1, 0.15) is 11.7 Å². The molecule has 0 aromatic carbocycles. The number of ether oxygens (including phenoxy) is 1. The molecule has 0 bridgehead atoms. The van der Waals surface area contributed by atoms with Crippen LogP contribution >= 0.6 is 0 Å². The van der Waals surface area contributed by atoms with Gasteiger partial charge in [-0.25, -0.2) is 0 Å². The highest BCUT2D eigenvalue weighted by Gasteiger charge is 2.22. The maximum Gasteiger partial charge on any atom is 0.316 e. The monoisotopic (exact) mass is 186 g/mol. The highest BCUT2D eigenvalue weighted by atomic mass is 16.5. The van der Waals surface area contributed by atoms with E-state index in [0.29, 0.717) is 18.9 Å². The van der Waals surface area contributed by atoms with Gasteiger partial charge in [-0.05, 0) is 19.8 Å². The Morgan fingerprint density at radius 1 is 1.23 bits per heavy atom. The van der Waals surface area contributed by atoms with Crippen LogP contribution in [0.1, 0.15) is 34.1 Å². The molecule has 1 unspecified atom stereocenters. The summed E-state index contributed by atoms with van der Waals surface area (Å²) in [6, 6.07) is 0. The predicted molar refractivity (Wildman–Crippen MR) is 50.3 cm³/mol. The molecule has 0 saturated carbocycles. The maximum absolute atomic E-state index is 11.4. The lowest BCUT2D eigenvalue weighted by Gasteiger charge is -2.10. The number of esters is 1. The van der Waals surface area contributed by atoms with Crippen molar-refractivity contribution in [1.82, 2.24) is 0 Å². The van der Waals surface area contributed by atoms with Gasteiger partial charge in [-0.3, -0.25) is 9.59 Å². The zero-order valence-corrected chi connectivity index (χ0v) is 8.79. The summed E-state index contributed by atoms with van der Waals surface area (Å²) in [6.07, 6.45) is 0.444. The van der Waals surface area contributed by atoms with Gasteiger partial charge in [-0.15, -0.1) is 0 Å². The van der Waals surface area contributed by atoms with Gasteiger partial charge in [-0.2, -0.15) is 0 Å². The van der Waals surface area contributed by atoms with E-state index in [-0.39, 0.29) is 5.78 Å². The van der Waals surface area contributed by atoms with E-state index in [9.17, 15) is 9.59 Å². The summed E-state index contributed by atoms with van der Waals surface area (Å²) < 4.78 is 4.75. The van der Waals surface area contributed by atoms with E-state index in [4.69, 9.17) is 4.74 Å². The fourth-order valence-corrected chi connectivity index (χ4v) is 0.978. The van der Waals surface area contributed by atoms with Crippen LogP contribution < -0.4 is 0 Å². The van der Waals surface area contributed by atoms with Gasteiger partial charge in [-0.1, -0.05) is 13.8 Å². The fraction of sp³-hybridized carbons (Fsp3) is 0.800. The molecule has 76 valence electrons. The van der Waals surface area contributed by atoms with Gasteiger partial charge in [0.05, 0.1) is 6.61 Å². The van der Waals surface area contributed by atoms with Crippen LogP contribution in [0.3, 0.4) is 0 Å². The minimum Gasteiger partial charge on any atom is -0.465 e. The summed E-state index contributed by atoms with van der Waals surface area (Å²) in [7, 11) is 0. The number of hydrogen-bond donors (Lipinski definition) is 0. The quantitative estimate of drug-likeness (QED) is 0.485. The first-order valence-corrected chi connectivity index (χ1v) is 4.68. The molecule has 0 amide bonds. The van der Waals surface area contributed by atoms with Crippen molar-refractivity contribution in [3.63, 3.8) is 0 Å². The summed E-state index contributed by atoms with van der Waals surface area (Å²) in [4.78, 5) is 22.5. The van der Waals surface area contributed by atoms with Crippen LogP contribution in [0.15, 0.2) is 0 Å². The van der Waals surface area contributed by atoms with E-state index in [1.807, 2.05) is 13.8 Å². The number of hydrogen-bond acceptors (Lipinski definition) is 3. The van der Waals surface area contributed by atoms with E-state index in [0.717, 1.165) is 0 Å². The van der Waals surface area contributed by atoms with Crippen molar-refractivity contribution in [3.05, 3.63) is 0 Å². The predicted octanol–water partition coefficient (Wildman–Crippen LogP) is 1.80. The Labute approximate surface area is 79.5 Å². The molecule has 0 saturated heterocycles. The Balaban J connectivity index is 4.01. The minimum absolute atomic E-state index is 0.0338. The second-order valence-corrected chi connectivity index (χ2v) is 3.54. The maximum atomic E-state index is 11.4. The second kappa shape index (κ2) is 5.73. The van der Waals surface area contributed by atoms with Crippen molar-refractivity contribution in [2.75, 3.05) is 6.61 Å². The Morgan fingerprint density at radius 3 is 2.15 bits per heavy atom. The zero-order valence-electron chi connectivity index (χ0n) is 8.79. The van der Waals surface area contributed by atoms with Crippen molar-refractivity contribution < 1.29 is 14.3 Å². The lowest BCUT2D eigenvalue weighted by molar-refractivity contribution is -0.150. The highest BCUT2D eigenvalue weighted by molar-refractivity contribution is 5.98. The lowest BCUT2D eigenvalue weighted by Crippen LogP contribution is -2.24. The van der Waals surface area contributed by atoms with E-state index in [1.165, 1.54) is 0 Å². The molecule has 0 spiro atoms.